The maximum Gasteiger partial charge on any atom is 0.0669 e. The van der Waals surface area contributed by atoms with Crippen molar-refractivity contribution >= 4 is 11.8 Å². The van der Waals surface area contributed by atoms with Gasteiger partial charge in [0.15, 0.2) is 0 Å². The highest BCUT2D eigenvalue weighted by Crippen LogP contribution is 2.47. The van der Waals surface area contributed by atoms with Gasteiger partial charge in [0.1, 0.15) is 0 Å². The molecule has 0 spiro atoms. The van der Waals surface area contributed by atoms with Crippen LogP contribution in [0.3, 0.4) is 0 Å². The highest BCUT2D eigenvalue weighted by Gasteiger charge is 2.41. The second-order valence-electron chi connectivity index (χ2n) is 7.00. The van der Waals surface area contributed by atoms with Gasteiger partial charge in [-0.1, -0.05) is 27.2 Å². The molecular formula is C14H26OS. The first-order valence-electron chi connectivity index (χ1n) is 6.74. The summed E-state index contributed by atoms with van der Waals surface area (Å²) in [6.07, 6.45) is 8.29. The number of hydrogen-bond donors (Lipinski definition) is 1. The van der Waals surface area contributed by atoms with E-state index in [0.717, 1.165) is 36.2 Å². The summed E-state index contributed by atoms with van der Waals surface area (Å²) in [5.41, 5.74) is 0.0176. The van der Waals surface area contributed by atoms with E-state index in [2.05, 4.69) is 32.5 Å². The van der Waals surface area contributed by atoms with E-state index in [0.29, 0.717) is 5.41 Å². The van der Waals surface area contributed by atoms with Crippen LogP contribution in [-0.2, 0) is 0 Å². The van der Waals surface area contributed by atoms with Crippen molar-refractivity contribution in [1.29, 1.82) is 0 Å². The quantitative estimate of drug-likeness (QED) is 0.790. The van der Waals surface area contributed by atoms with Crippen LogP contribution in [0.15, 0.2) is 0 Å². The molecule has 0 aromatic rings. The fourth-order valence-electron chi connectivity index (χ4n) is 3.02. The second kappa shape index (κ2) is 4.53. The molecule has 2 rings (SSSR count). The molecule has 0 amide bonds. The zero-order valence-corrected chi connectivity index (χ0v) is 11.8. The zero-order chi connectivity index (χ0) is 11.8. The first-order chi connectivity index (χ1) is 7.36. The SMILES string of the molecule is CC(C)(C)CCC1(O)CC2CCCC(C1)S2. The van der Waals surface area contributed by atoms with Crippen LogP contribution in [0.4, 0.5) is 0 Å². The maximum atomic E-state index is 10.7. The van der Waals surface area contributed by atoms with E-state index in [1.807, 2.05) is 0 Å². The molecule has 2 atom stereocenters. The van der Waals surface area contributed by atoms with Gasteiger partial charge in [0.25, 0.3) is 0 Å². The van der Waals surface area contributed by atoms with Crippen molar-refractivity contribution in [3.8, 4) is 0 Å². The molecule has 2 fully saturated rings. The highest BCUT2D eigenvalue weighted by atomic mass is 32.2. The molecule has 2 bridgehead atoms. The topological polar surface area (TPSA) is 20.2 Å². The van der Waals surface area contributed by atoms with Crippen molar-refractivity contribution in [3.05, 3.63) is 0 Å². The lowest BCUT2D eigenvalue weighted by atomic mass is 9.78. The zero-order valence-electron chi connectivity index (χ0n) is 11.0. The van der Waals surface area contributed by atoms with Crippen molar-refractivity contribution in [3.63, 3.8) is 0 Å². The van der Waals surface area contributed by atoms with Crippen LogP contribution in [0.5, 0.6) is 0 Å². The van der Waals surface area contributed by atoms with Crippen molar-refractivity contribution in [2.45, 2.75) is 81.8 Å². The lowest BCUT2D eigenvalue weighted by Crippen LogP contribution is -2.43. The Hall–Kier alpha value is 0.310. The van der Waals surface area contributed by atoms with Gasteiger partial charge in [0.05, 0.1) is 5.60 Å². The van der Waals surface area contributed by atoms with Crippen LogP contribution < -0.4 is 0 Å². The van der Waals surface area contributed by atoms with Crippen molar-refractivity contribution in [2.24, 2.45) is 5.41 Å². The van der Waals surface area contributed by atoms with E-state index in [9.17, 15) is 5.11 Å². The van der Waals surface area contributed by atoms with E-state index < -0.39 is 0 Å². The molecule has 2 unspecified atom stereocenters. The average Bonchev–Trinajstić information content (AvgIpc) is 2.13. The molecule has 94 valence electrons. The minimum Gasteiger partial charge on any atom is -0.390 e. The van der Waals surface area contributed by atoms with Crippen LogP contribution in [0.25, 0.3) is 0 Å². The third-order valence-electron chi connectivity index (χ3n) is 3.99. The van der Waals surface area contributed by atoms with Crippen LogP contribution in [0.1, 0.15) is 65.7 Å². The Kier molecular flexibility index (Phi) is 3.61. The van der Waals surface area contributed by atoms with E-state index in [4.69, 9.17) is 0 Å². The summed E-state index contributed by atoms with van der Waals surface area (Å²) in [4.78, 5) is 0. The lowest BCUT2D eigenvalue weighted by molar-refractivity contribution is -0.00434. The monoisotopic (exact) mass is 242 g/mol. The summed E-state index contributed by atoms with van der Waals surface area (Å²) in [7, 11) is 0. The Morgan fingerprint density at radius 1 is 1.19 bits per heavy atom. The molecule has 0 aliphatic carbocycles. The molecule has 2 aliphatic rings. The number of hydrogen-bond acceptors (Lipinski definition) is 2. The largest absolute Gasteiger partial charge is 0.390 e. The summed E-state index contributed by atoms with van der Waals surface area (Å²) in [6, 6.07) is 0. The van der Waals surface area contributed by atoms with Gasteiger partial charge in [-0.2, -0.15) is 11.8 Å². The van der Waals surface area contributed by atoms with Gasteiger partial charge >= 0.3 is 0 Å². The summed E-state index contributed by atoms with van der Waals surface area (Å²) in [5.74, 6) is 0. The van der Waals surface area contributed by atoms with Crippen LogP contribution >= 0.6 is 11.8 Å². The first kappa shape index (κ1) is 12.8. The predicted molar refractivity (Wildman–Crippen MR) is 71.9 cm³/mol. The third kappa shape index (κ3) is 3.40. The smallest absolute Gasteiger partial charge is 0.0669 e. The average molecular weight is 242 g/mol. The summed E-state index contributed by atoms with van der Waals surface area (Å²) >= 11 is 2.15. The Morgan fingerprint density at radius 2 is 1.75 bits per heavy atom. The molecular weight excluding hydrogens is 216 g/mol. The highest BCUT2D eigenvalue weighted by molar-refractivity contribution is 8.00. The maximum absolute atomic E-state index is 10.7. The van der Waals surface area contributed by atoms with Gasteiger partial charge < -0.3 is 5.11 Å². The number of rotatable bonds is 2. The molecule has 0 radical (unpaired) electrons. The van der Waals surface area contributed by atoms with Gasteiger partial charge in [0, 0.05) is 10.5 Å². The minimum atomic E-state index is -0.339. The summed E-state index contributed by atoms with van der Waals surface area (Å²) < 4.78 is 0. The van der Waals surface area contributed by atoms with Crippen molar-refractivity contribution in [2.75, 3.05) is 0 Å². The van der Waals surface area contributed by atoms with E-state index >= 15 is 0 Å². The van der Waals surface area contributed by atoms with Gasteiger partial charge in [-0.25, -0.2) is 0 Å². The van der Waals surface area contributed by atoms with Gasteiger partial charge in [-0.05, 0) is 43.9 Å². The first-order valence-corrected chi connectivity index (χ1v) is 7.69. The Labute approximate surface area is 104 Å². The molecule has 2 heterocycles. The molecule has 2 aliphatic heterocycles. The normalized spacial score (nSPS) is 39.8. The minimum absolute atomic E-state index is 0.339. The van der Waals surface area contributed by atoms with Gasteiger partial charge in [-0.3, -0.25) is 0 Å². The van der Waals surface area contributed by atoms with Crippen LogP contribution in [-0.4, -0.2) is 21.2 Å². The summed E-state index contributed by atoms with van der Waals surface area (Å²) in [6.45, 7) is 6.82. The Bertz CT molecular complexity index is 232. The van der Waals surface area contributed by atoms with E-state index in [-0.39, 0.29) is 5.60 Å². The Balaban J connectivity index is 1.92. The van der Waals surface area contributed by atoms with Gasteiger partial charge in [0.2, 0.25) is 0 Å². The number of fused-ring (bicyclic) bond motifs is 2. The molecule has 1 N–H and O–H groups in total. The summed E-state index contributed by atoms with van der Waals surface area (Å²) in [5, 5.41) is 12.2. The van der Waals surface area contributed by atoms with Crippen LogP contribution in [0.2, 0.25) is 0 Å². The van der Waals surface area contributed by atoms with E-state index in [1.54, 1.807) is 0 Å². The third-order valence-corrected chi connectivity index (χ3v) is 5.57. The molecule has 16 heavy (non-hydrogen) atoms. The fourth-order valence-corrected chi connectivity index (χ4v) is 4.99. The molecule has 1 nitrogen and oxygen atoms in total. The van der Waals surface area contributed by atoms with Crippen molar-refractivity contribution in [1.82, 2.24) is 0 Å². The second-order valence-corrected chi connectivity index (χ2v) is 8.61. The lowest BCUT2D eigenvalue weighted by Gasteiger charge is -2.44. The van der Waals surface area contributed by atoms with E-state index in [1.165, 1.54) is 19.3 Å². The molecule has 0 saturated carbocycles. The predicted octanol–water partition coefficient (Wildman–Crippen LogP) is 3.99. The number of thioether (sulfide) groups is 1. The molecule has 2 heteroatoms. The molecule has 2 saturated heterocycles. The van der Waals surface area contributed by atoms with Crippen LogP contribution in [0, 0.1) is 5.41 Å². The number of aliphatic hydroxyl groups is 1. The molecule has 0 aromatic carbocycles. The Morgan fingerprint density at radius 3 is 2.25 bits per heavy atom. The standard InChI is InChI=1S/C14H26OS/c1-13(2,3)7-8-14(15)9-11-5-4-6-12(10-14)16-11/h11-12,15H,4-10H2,1-3H3. The fraction of sp³-hybridized carbons (Fsp3) is 1.00. The van der Waals surface area contributed by atoms with Gasteiger partial charge in [-0.15, -0.1) is 0 Å². The van der Waals surface area contributed by atoms with Crippen molar-refractivity contribution < 1.29 is 5.11 Å². The molecule has 0 aromatic heterocycles.